The van der Waals surface area contributed by atoms with Gasteiger partial charge >= 0.3 is 11.9 Å². The molecule has 0 radical (unpaired) electrons. The summed E-state index contributed by atoms with van der Waals surface area (Å²) >= 11 is 0. The number of carbonyl (C=O) groups excluding carboxylic acids is 1. The van der Waals surface area contributed by atoms with Crippen molar-refractivity contribution < 1.29 is 24.5 Å². The van der Waals surface area contributed by atoms with Gasteiger partial charge < -0.3 is 20.7 Å². The predicted molar refractivity (Wildman–Crippen MR) is 135 cm³/mol. The summed E-state index contributed by atoms with van der Waals surface area (Å²) in [5.41, 5.74) is 6.41. The van der Waals surface area contributed by atoms with Crippen molar-refractivity contribution in [1.82, 2.24) is 0 Å². The Morgan fingerprint density at radius 2 is 1.66 bits per heavy atom. The van der Waals surface area contributed by atoms with Crippen molar-refractivity contribution in [2.24, 2.45) is 58.0 Å². The number of esters is 1. The number of hydrogen-bond acceptors (Lipinski definition) is 5. The SMILES string of the molecule is CC(C)[C@H](N)C(=O)O[C@H]1CC[C@@]2(C)C(C1)C[C@H](O)[C@H]1[C@@H]3CC[C@H]([C@H](C)CCC(=O)O)[C@@]3(C)CC[C@@H]12. The van der Waals surface area contributed by atoms with E-state index in [-0.39, 0.29) is 41.3 Å². The first-order chi connectivity index (χ1) is 16.4. The number of rotatable bonds is 7. The van der Waals surface area contributed by atoms with Crippen LogP contribution < -0.4 is 5.73 Å². The van der Waals surface area contributed by atoms with Crippen LogP contribution in [0, 0.1) is 52.3 Å². The van der Waals surface area contributed by atoms with E-state index < -0.39 is 12.0 Å². The molecule has 0 saturated heterocycles. The second-order valence-corrected chi connectivity index (χ2v) is 13.5. The van der Waals surface area contributed by atoms with E-state index in [0.717, 1.165) is 51.4 Å². The highest BCUT2D eigenvalue weighted by Gasteiger charge is 2.63. The largest absolute Gasteiger partial charge is 0.481 e. The molecule has 1 unspecified atom stereocenters. The number of fused-ring (bicyclic) bond motifs is 5. The maximum Gasteiger partial charge on any atom is 0.323 e. The van der Waals surface area contributed by atoms with E-state index >= 15 is 0 Å². The van der Waals surface area contributed by atoms with Gasteiger partial charge in [-0.2, -0.15) is 0 Å². The van der Waals surface area contributed by atoms with E-state index in [1.165, 1.54) is 6.42 Å². The van der Waals surface area contributed by atoms with Crippen molar-refractivity contribution in [3.8, 4) is 0 Å². The standard InChI is InChI=1S/C29H49NO5/c1-16(2)26(30)27(34)35-19-10-12-28(4)18(14-19)15-23(31)25-21-8-7-20(17(3)6-9-24(32)33)29(21,5)13-11-22(25)28/h16-23,25-26,31H,6-15,30H2,1-5H3,(H,32,33)/t17-,18?,19+,20-,21+,22+,23+,25+,26+,28+,29-/m1/s1. The highest BCUT2D eigenvalue weighted by Crippen LogP contribution is 2.68. The van der Waals surface area contributed by atoms with Gasteiger partial charge in [0.2, 0.25) is 0 Å². The monoisotopic (exact) mass is 491 g/mol. The second-order valence-electron chi connectivity index (χ2n) is 13.5. The van der Waals surface area contributed by atoms with Crippen molar-refractivity contribution in [2.75, 3.05) is 0 Å². The number of carbonyl (C=O) groups is 2. The Kier molecular flexibility index (Phi) is 7.66. The van der Waals surface area contributed by atoms with E-state index in [0.29, 0.717) is 35.5 Å². The van der Waals surface area contributed by atoms with Gasteiger partial charge in [-0.1, -0.05) is 34.6 Å². The van der Waals surface area contributed by atoms with Gasteiger partial charge in [0.05, 0.1) is 6.10 Å². The molecule has 0 amide bonds. The molecule has 4 aliphatic rings. The van der Waals surface area contributed by atoms with E-state index in [2.05, 4.69) is 20.8 Å². The average Bonchev–Trinajstić information content (AvgIpc) is 3.15. The quantitative estimate of drug-likeness (QED) is 0.432. The Morgan fingerprint density at radius 3 is 2.31 bits per heavy atom. The lowest BCUT2D eigenvalue weighted by molar-refractivity contribution is -0.183. The van der Waals surface area contributed by atoms with Crippen molar-refractivity contribution in [2.45, 2.75) is 117 Å². The summed E-state index contributed by atoms with van der Waals surface area (Å²) in [6, 6.07) is -0.575. The Morgan fingerprint density at radius 1 is 1.00 bits per heavy atom. The molecule has 4 saturated carbocycles. The van der Waals surface area contributed by atoms with Crippen LogP contribution in [0.3, 0.4) is 0 Å². The fraction of sp³-hybridized carbons (Fsp3) is 0.931. The topological polar surface area (TPSA) is 110 Å². The summed E-state index contributed by atoms with van der Waals surface area (Å²) in [7, 11) is 0. The smallest absolute Gasteiger partial charge is 0.323 e. The second kappa shape index (κ2) is 9.96. The summed E-state index contributed by atoms with van der Waals surface area (Å²) < 4.78 is 5.86. The number of nitrogens with two attached hydrogens (primary N) is 1. The van der Waals surface area contributed by atoms with E-state index in [9.17, 15) is 19.8 Å². The highest BCUT2D eigenvalue weighted by atomic mass is 16.5. The molecule has 0 heterocycles. The zero-order chi connectivity index (χ0) is 25.7. The third kappa shape index (κ3) is 4.79. The molecule has 4 fully saturated rings. The molecule has 0 spiro atoms. The highest BCUT2D eigenvalue weighted by molar-refractivity contribution is 5.76. The van der Waals surface area contributed by atoms with Crippen molar-refractivity contribution in [3.63, 3.8) is 0 Å². The molecular weight excluding hydrogens is 442 g/mol. The van der Waals surface area contributed by atoms with Gasteiger partial charge in [-0.3, -0.25) is 9.59 Å². The Hall–Kier alpha value is -1.14. The number of ether oxygens (including phenoxy) is 1. The van der Waals surface area contributed by atoms with Crippen LogP contribution in [0.5, 0.6) is 0 Å². The first-order valence-corrected chi connectivity index (χ1v) is 14.2. The zero-order valence-corrected chi connectivity index (χ0v) is 22.5. The fourth-order valence-corrected chi connectivity index (χ4v) is 9.33. The molecule has 35 heavy (non-hydrogen) atoms. The first-order valence-electron chi connectivity index (χ1n) is 14.2. The molecule has 4 aliphatic carbocycles. The molecule has 4 rings (SSSR count). The van der Waals surface area contributed by atoms with Crippen LogP contribution >= 0.6 is 0 Å². The van der Waals surface area contributed by atoms with E-state index in [1.807, 2.05) is 13.8 Å². The molecule has 6 nitrogen and oxygen atoms in total. The van der Waals surface area contributed by atoms with Crippen LogP contribution in [-0.2, 0) is 14.3 Å². The Bertz CT molecular complexity index is 800. The summed E-state index contributed by atoms with van der Waals surface area (Å²) in [5.74, 6) is 1.77. The van der Waals surface area contributed by atoms with Gasteiger partial charge in [0.25, 0.3) is 0 Å². The van der Waals surface area contributed by atoms with Gasteiger partial charge in [0.15, 0.2) is 0 Å². The number of hydrogen-bond donors (Lipinski definition) is 3. The molecule has 6 heteroatoms. The van der Waals surface area contributed by atoms with Crippen LogP contribution in [0.2, 0.25) is 0 Å². The van der Waals surface area contributed by atoms with Gasteiger partial charge in [-0.25, -0.2) is 0 Å². The average molecular weight is 492 g/mol. The maximum atomic E-state index is 12.5. The maximum absolute atomic E-state index is 12.5. The van der Waals surface area contributed by atoms with Crippen molar-refractivity contribution >= 4 is 11.9 Å². The fourth-order valence-electron chi connectivity index (χ4n) is 9.33. The molecule has 0 aromatic heterocycles. The lowest BCUT2D eigenvalue weighted by Gasteiger charge is -2.62. The van der Waals surface area contributed by atoms with Crippen LogP contribution in [0.15, 0.2) is 0 Å². The number of aliphatic carboxylic acids is 1. The molecule has 0 aromatic rings. The molecule has 0 bridgehead atoms. The zero-order valence-electron chi connectivity index (χ0n) is 22.5. The third-order valence-electron chi connectivity index (χ3n) is 11.5. The molecule has 200 valence electrons. The molecule has 11 atom stereocenters. The van der Waals surface area contributed by atoms with Gasteiger partial charge in [-0.05, 0) is 110 Å². The summed E-state index contributed by atoms with van der Waals surface area (Å²) in [5, 5.41) is 20.7. The van der Waals surface area contributed by atoms with Crippen LogP contribution in [0.1, 0.15) is 98.8 Å². The van der Waals surface area contributed by atoms with E-state index in [1.54, 1.807) is 0 Å². The van der Waals surface area contributed by atoms with Gasteiger partial charge in [-0.15, -0.1) is 0 Å². The summed E-state index contributed by atoms with van der Waals surface area (Å²) in [4.78, 5) is 23.6. The minimum Gasteiger partial charge on any atom is -0.481 e. The van der Waals surface area contributed by atoms with Gasteiger partial charge in [0, 0.05) is 6.42 Å². The number of aliphatic hydroxyl groups excluding tert-OH is 1. The molecular formula is C29H49NO5. The van der Waals surface area contributed by atoms with Crippen molar-refractivity contribution in [3.05, 3.63) is 0 Å². The third-order valence-corrected chi connectivity index (χ3v) is 11.5. The van der Waals surface area contributed by atoms with Crippen LogP contribution in [0.4, 0.5) is 0 Å². The lowest BCUT2D eigenvalue weighted by Crippen LogP contribution is -2.59. The van der Waals surface area contributed by atoms with Crippen LogP contribution in [-0.4, -0.2) is 40.4 Å². The minimum absolute atomic E-state index is 0.0623. The minimum atomic E-state index is -0.700. The Labute approximate surface area is 211 Å². The first kappa shape index (κ1) is 26.9. The van der Waals surface area contributed by atoms with Gasteiger partial charge in [0.1, 0.15) is 12.1 Å². The normalized spacial score (nSPS) is 44.6. The molecule has 4 N–H and O–H groups in total. The number of carboxylic acid groups (broad SMARTS) is 1. The predicted octanol–water partition coefficient (Wildman–Crippen LogP) is 5.01. The number of carboxylic acids is 1. The molecule has 0 aliphatic heterocycles. The lowest BCUT2D eigenvalue weighted by atomic mass is 9.43. The van der Waals surface area contributed by atoms with Crippen molar-refractivity contribution in [1.29, 1.82) is 0 Å². The Balaban J connectivity index is 1.46. The van der Waals surface area contributed by atoms with E-state index in [4.69, 9.17) is 10.5 Å². The van der Waals surface area contributed by atoms with Crippen LogP contribution in [0.25, 0.3) is 0 Å². The summed E-state index contributed by atoms with van der Waals surface area (Å²) in [6.45, 7) is 11.0. The molecule has 0 aromatic carbocycles. The number of aliphatic hydroxyl groups is 1. The summed E-state index contributed by atoms with van der Waals surface area (Å²) in [6.07, 6.45) is 8.82.